The molecule has 2 aliphatic heterocycles. The van der Waals surface area contributed by atoms with Gasteiger partial charge in [-0.05, 0) is 55.9 Å². The van der Waals surface area contributed by atoms with E-state index >= 15 is 0 Å². The molecule has 2 aromatic heterocycles. The van der Waals surface area contributed by atoms with E-state index in [4.69, 9.17) is 14.5 Å². The predicted octanol–water partition coefficient (Wildman–Crippen LogP) is 3.25. The zero-order valence-electron chi connectivity index (χ0n) is 18.0. The lowest BCUT2D eigenvalue weighted by molar-refractivity contribution is -0.135. The summed E-state index contributed by atoms with van der Waals surface area (Å²) >= 11 is 0. The Morgan fingerprint density at radius 2 is 2.03 bits per heavy atom. The van der Waals surface area contributed by atoms with Gasteiger partial charge in [-0.25, -0.2) is 9.78 Å². The highest BCUT2D eigenvalue weighted by Gasteiger charge is 2.42. The lowest BCUT2D eigenvalue weighted by Gasteiger charge is -2.46. The molecule has 1 spiro atoms. The maximum atomic E-state index is 13.1. The normalized spacial score (nSPS) is 19.9. The number of fused-ring (bicyclic) bond motifs is 2. The van der Waals surface area contributed by atoms with Crippen LogP contribution < -0.4 is 15.7 Å². The van der Waals surface area contributed by atoms with Crippen molar-refractivity contribution in [1.82, 2.24) is 19.1 Å². The largest absolute Gasteiger partial charge is 0.493 e. The molecule has 0 amide bonds. The van der Waals surface area contributed by atoms with Gasteiger partial charge in [-0.1, -0.05) is 0 Å². The van der Waals surface area contributed by atoms with E-state index in [0.29, 0.717) is 17.0 Å². The minimum absolute atomic E-state index is 0.0156. The number of anilines is 2. The van der Waals surface area contributed by atoms with Crippen LogP contribution in [0.1, 0.15) is 42.9 Å². The first-order valence-corrected chi connectivity index (χ1v) is 11.1. The molecule has 0 atom stereocenters. The number of rotatable bonds is 3. The van der Waals surface area contributed by atoms with E-state index in [1.807, 2.05) is 11.5 Å². The molecule has 162 valence electrons. The summed E-state index contributed by atoms with van der Waals surface area (Å²) in [6, 6.07) is 4.35. The van der Waals surface area contributed by atoms with Crippen molar-refractivity contribution < 1.29 is 9.47 Å². The Bertz CT molecular complexity index is 1230. The molecule has 0 bridgehead atoms. The smallest absolute Gasteiger partial charge is 0.330 e. The number of nitrogens with one attached hydrogen (secondary N) is 1. The topological polar surface area (TPSA) is 83.2 Å². The molecule has 3 aliphatic rings. The fraction of sp³-hybridized carbons (Fsp3) is 0.522. The van der Waals surface area contributed by atoms with Gasteiger partial charge in [0.1, 0.15) is 11.3 Å². The van der Waals surface area contributed by atoms with Crippen molar-refractivity contribution in [3.63, 3.8) is 0 Å². The van der Waals surface area contributed by atoms with Crippen LogP contribution >= 0.6 is 0 Å². The van der Waals surface area contributed by atoms with Crippen LogP contribution in [0.3, 0.4) is 0 Å². The summed E-state index contributed by atoms with van der Waals surface area (Å²) < 4.78 is 14.7. The van der Waals surface area contributed by atoms with Gasteiger partial charge in [0.15, 0.2) is 5.65 Å². The molecule has 1 saturated carbocycles. The average molecular weight is 422 g/mol. The number of hydrogen-bond acceptors (Lipinski definition) is 6. The predicted molar refractivity (Wildman–Crippen MR) is 117 cm³/mol. The van der Waals surface area contributed by atoms with Crippen molar-refractivity contribution in [2.24, 2.45) is 12.5 Å². The number of benzene rings is 1. The standard InChI is InChI=1S/C23H27N5O3/c1-14-9-19-15(5-8-31-19)10-17(14)25-21-24-11-18-20(26-21)28(22(29)27(18)2)16-3-6-23(7-4-16)12-30-13-23/h9-11,16H,3-8,12-13H2,1-2H3,(H,24,25,26). The molecule has 4 heterocycles. The van der Waals surface area contributed by atoms with Gasteiger partial charge >= 0.3 is 5.69 Å². The molecule has 1 N–H and O–H groups in total. The van der Waals surface area contributed by atoms with E-state index in [2.05, 4.69) is 22.4 Å². The summed E-state index contributed by atoms with van der Waals surface area (Å²) in [5.41, 5.74) is 5.05. The van der Waals surface area contributed by atoms with E-state index in [1.54, 1.807) is 17.8 Å². The Labute approximate surface area is 180 Å². The summed E-state index contributed by atoms with van der Waals surface area (Å²) in [5, 5.41) is 3.37. The molecule has 0 radical (unpaired) electrons. The summed E-state index contributed by atoms with van der Waals surface area (Å²) in [5.74, 6) is 1.47. The first-order valence-electron chi connectivity index (χ1n) is 11.1. The van der Waals surface area contributed by atoms with Crippen molar-refractivity contribution in [2.45, 2.75) is 45.1 Å². The fourth-order valence-corrected chi connectivity index (χ4v) is 5.26. The van der Waals surface area contributed by atoms with Crippen molar-refractivity contribution in [3.8, 4) is 5.75 Å². The van der Waals surface area contributed by atoms with Gasteiger partial charge in [-0.15, -0.1) is 0 Å². The third kappa shape index (κ3) is 2.96. The monoisotopic (exact) mass is 421 g/mol. The fourth-order valence-electron chi connectivity index (χ4n) is 5.26. The second-order valence-electron chi connectivity index (χ2n) is 9.34. The second kappa shape index (κ2) is 6.82. The van der Waals surface area contributed by atoms with Gasteiger partial charge in [0.2, 0.25) is 5.95 Å². The molecule has 1 aromatic carbocycles. The zero-order chi connectivity index (χ0) is 21.2. The molecule has 1 aliphatic carbocycles. The van der Waals surface area contributed by atoms with Crippen LogP contribution in [-0.2, 0) is 18.2 Å². The van der Waals surface area contributed by atoms with Crippen molar-refractivity contribution in [2.75, 3.05) is 25.1 Å². The van der Waals surface area contributed by atoms with Gasteiger partial charge in [0.05, 0.1) is 26.0 Å². The van der Waals surface area contributed by atoms with Crippen LogP contribution in [0.4, 0.5) is 11.6 Å². The van der Waals surface area contributed by atoms with Gasteiger partial charge in [0.25, 0.3) is 0 Å². The minimum atomic E-state index is -0.0156. The molecule has 1 saturated heterocycles. The van der Waals surface area contributed by atoms with Crippen LogP contribution in [0, 0.1) is 12.3 Å². The molecular weight excluding hydrogens is 394 g/mol. The molecule has 6 rings (SSSR count). The summed E-state index contributed by atoms with van der Waals surface area (Å²) in [4.78, 5) is 22.4. The van der Waals surface area contributed by atoms with Crippen LogP contribution in [-0.4, -0.2) is 38.9 Å². The number of imidazole rings is 1. The highest BCUT2D eigenvalue weighted by molar-refractivity contribution is 5.73. The maximum Gasteiger partial charge on any atom is 0.330 e. The highest BCUT2D eigenvalue weighted by Crippen LogP contribution is 2.45. The molecule has 8 nitrogen and oxygen atoms in total. The molecule has 0 unspecified atom stereocenters. The SMILES string of the molecule is Cc1cc2c(cc1Nc1ncc3c(n1)n(C1CCC4(CC1)COC4)c(=O)n3C)CCO2. The van der Waals surface area contributed by atoms with Gasteiger partial charge in [0, 0.05) is 30.6 Å². The van der Waals surface area contributed by atoms with Gasteiger partial charge in [-0.2, -0.15) is 4.98 Å². The van der Waals surface area contributed by atoms with E-state index in [0.717, 1.165) is 74.4 Å². The van der Waals surface area contributed by atoms with E-state index in [9.17, 15) is 4.79 Å². The van der Waals surface area contributed by atoms with E-state index < -0.39 is 0 Å². The molecular formula is C23H27N5O3. The van der Waals surface area contributed by atoms with Crippen molar-refractivity contribution in [3.05, 3.63) is 39.9 Å². The van der Waals surface area contributed by atoms with E-state index in [1.165, 1.54) is 5.56 Å². The Morgan fingerprint density at radius 3 is 2.77 bits per heavy atom. The van der Waals surface area contributed by atoms with Gasteiger partial charge < -0.3 is 14.8 Å². The average Bonchev–Trinajstić information content (AvgIpc) is 3.29. The molecule has 3 aromatic rings. The number of hydrogen-bond donors (Lipinski definition) is 1. The Morgan fingerprint density at radius 1 is 1.23 bits per heavy atom. The zero-order valence-corrected chi connectivity index (χ0v) is 18.0. The van der Waals surface area contributed by atoms with Crippen LogP contribution in [0.5, 0.6) is 5.75 Å². The maximum absolute atomic E-state index is 13.1. The summed E-state index contributed by atoms with van der Waals surface area (Å²) in [6.07, 6.45) is 6.84. The molecule has 8 heteroatoms. The lowest BCUT2D eigenvalue weighted by Crippen LogP contribution is -2.46. The Hall–Kier alpha value is -2.87. The quantitative estimate of drug-likeness (QED) is 0.699. The lowest BCUT2D eigenvalue weighted by atomic mass is 9.71. The van der Waals surface area contributed by atoms with Crippen LogP contribution in [0.2, 0.25) is 0 Å². The van der Waals surface area contributed by atoms with Gasteiger partial charge in [-0.3, -0.25) is 9.13 Å². The molecule has 2 fully saturated rings. The van der Waals surface area contributed by atoms with Crippen molar-refractivity contribution >= 4 is 22.8 Å². The molecule has 31 heavy (non-hydrogen) atoms. The Balaban J connectivity index is 1.35. The van der Waals surface area contributed by atoms with Crippen molar-refractivity contribution in [1.29, 1.82) is 0 Å². The van der Waals surface area contributed by atoms with Crippen LogP contribution in [0.15, 0.2) is 23.1 Å². The third-order valence-corrected chi connectivity index (χ3v) is 7.31. The summed E-state index contributed by atoms with van der Waals surface area (Å²) in [6.45, 7) is 4.51. The second-order valence-corrected chi connectivity index (χ2v) is 9.34. The first-order chi connectivity index (χ1) is 15.0. The third-order valence-electron chi connectivity index (χ3n) is 7.31. The first kappa shape index (κ1) is 18.9. The number of ether oxygens (including phenoxy) is 2. The van der Waals surface area contributed by atoms with Crippen LogP contribution in [0.25, 0.3) is 11.2 Å². The van der Waals surface area contributed by atoms with E-state index in [-0.39, 0.29) is 11.7 Å². The highest BCUT2D eigenvalue weighted by atomic mass is 16.5. The summed E-state index contributed by atoms with van der Waals surface area (Å²) in [7, 11) is 1.80. The number of aromatic nitrogens is 4. The Kier molecular flexibility index (Phi) is 4.15. The number of aryl methyl sites for hydroxylation is 2. The number of nitrogens with zero attached hydrogens (tertiary/aromatic N) is 4. The minimum Gasteiger partial charge on any atom is -0.493 e.